The molecule has 9 heteroatoms. The third-order valence-electron chi connectivity index (χ3n) is 3.50. The van der Waals surface area contributed by atoms with Gasteiger partial charge in [-0.05, 0) is 24.3 Å². The van der Waals surface area contributed by atoms with E-state index < -0.39 is 22.3 Å². The van der Waals surface area contributed by atoms with Crippen LogP contribution in [0.5, 0.6) is 11.5 Å². The van der Waals surface area contributed by atoms with Crippen LogP contribution in [0.2, 0.25) is 0 Å². The van der Waals surface area contributed by atoms with Crippen molar-refractivity contribution < 1.29 is 22.7 Å². The molecule has 0 spiro atoms. The molecule has 3 aromatic rings. The van der Waals surface area contributed by atoms with Crippen LogP contribution >= 0.6 is 0 Å². The van der Waals surface area contributed by atoms with Crippen LogP contribution in [-0.2, 0) is 16.4 Å². The van der Waals surface area contributed by atoms with E-state index in [0.29, 0.717) is 0 Å². The lowest BCUT2D eigenvalue weighted by molar-refractivity contribution is 0.278. The predicted molar refractivity (Wildman–Crippen MR) is 86.3 cm³/mol. The summed E-state index contributed by atoms with van der Waals surface area (Å²) in [6.45, 7) is -0.448. The number of aromatic amines is 1. The van der Waals surface area contributed by atoms with Gasteiger partial charge in [0.1, 0.15) is 17.3 Å². The van der Waals surface area contributed by atoms with Crippen molar-refractivity contribution in [2.45, 2.75) is 11.5 Å². The molecule has 0 unspecified atom stereocenters. The zero-order chi connectivity index (χ0) is 18.2. The van der Waals surface area contributed by atoms with Gasteiger partial charge in [-0.3, -0.25) is 5.10 Å². The number of nitriles is 1. The average molecular weight is 361 g/mol. The number of fused-ring (bicyclic) bond motifs is 1. The molecule has 0 atom stereocenters. The van der Waals surface area contributed by atoms with E-state index in [1.54, 1.807) is 0 Å². The minimum absolute atomic E-state index is 0.000920. The van der Waals surface area contributed by atoms with E-state index >= 15 is 0 Å². The number of aliphatic hydroxyl groups is 1. The molecule has 0 radical (unpaired) electrons. The highest BCUT2D eigenvalue weighted by atomic mass is 32.2. The fourth-order valence-electron chi connectivity index (χ4n) is 2.46. The largest absolute Gasteiger partial charge is 0.456 e. The van der Waals surface area contributed by atoms with E-state index in [9.17, 15) is 17.9 Å². The summed E-state index contributed by atoms with van der Waals surface area (Å²) >= 11 is 0. The summed E-state index contributed by atoms with van der Waals surface area (Å²) < 4.78 is 43.0. The molecular weight excluding hydrogens is 349 g/mol. The number of nitrogens with zero attached hydrogens (tertiary/aromatic N) is 2. The summed E-state index contributed by atoms with van der Waals surface area (Å²) in [4.78, 5) is -0.000920. The Bertz CT molecular complexity index is 1120. The molecule has 3 rings (SSSR count). The Labute approximate surface area is 142 Å². The van der Waals surface area contributed by atoms with Crippen LogP contribution < -0.4 is 4.74 Å². The molecule has 0 bridgehead atoms. The first-order valence-corrected chi connectivity index (χ1v) is 8.92. The maximum absolute atomic E-state index is 13.6. The SMILES string of the molecule is CS(=O)(=O)c1ccc(Oc2cc(F)cc(C#N)c2)c2c(CO)n[nH]c12. The van der Waals surface area contributed by atoms with Gasteiger partial charge in [-0.25, -0.2) is 12.8 Å². The Balaban J connectivity index is 2.19. The Morgan fingerprint density at radius 3 is 2.76 bits per heavy atom. The van der Waals surface area contributed by atoms with Crippen LogP contribution in [-0.4, -0.2) is 30.0 Å². The number of benzene rings is 2. The predicted octanol–water partition coefficient (Wildman–Crippen LogP) is 2.26. The molecule has 0 aliphatic heterocycles. The first-order valence-electron chi connectivity index (χ1n) is 7.03. The number of sulfone groups is 1. The minimum Gasteiger partial charge on any atom is -0.456 e. The number of aromatic nitrogens is 2. The van der Waals surface area contributed by atoms with E-state index in [0.717, 1.165) is 18.4 Å². The van der Waals surface area contributed by atoms with Crippen molar-refractivity contribution in [2.24, 2.45) is 0 Å². The van der Waals surface area contributed by atoms with Gasteiger partial charge < -0.3 is 9.84 Å². The Morgan fingerprint density at radius 1 is 1.36 bits per heavy atom. The normalized spacial score (nSPS) is 11.4. The van der Waals surface area contributed by atoms with Crippen LogP contribution in [0.3, 0.4) is 0 Å². The van der Waals surface area contributed by atoms with Crippen molar-refractivity contribution in [1.29, 1.82) is 5.26 Å². The van der Waals surface area contributed by atoms with E-state index in [-0.39, 0.29) is 38.6 Å². The standard InChI is InChI=1S/C16H12FN3O4S/c1-25(22,23)14-3-2-13(15-12(8-21)19-20-16(14)15)24-11-5-9(7-18)4-10(17)6-11/h2-6,21H,8H2,1H3,(H,19,20). The fraction of sp³-hybridized carbons (Fsp3) is 0.125. The van der Waals surface area contributed by atoms with Gasteiger partial charge >= 0.3 is 0 Å². The second-order valence-corrected chi connectivity index (χ2v) is 7.29. The average Bonchev–Trinajstić information content (AvgIpc) is 2.97. The molecule has 0 saturated carbocycles. The molecule has 25 heavy (non-hydrogen) atoms. The van der Waals surface area contributed by atoms with Gasteiger partial charge in [-0.2, -0.15) is 10.4 Å². The summed E-state index contributed by atoms with van der Waals surface area (Å²) in [5, 5.41) is 25.1. The van der Waals surface area contributed by atoms with E-state index in [1.165, 1.54) is 18.2 Å². The molecule has 128 valence electrons. The lowest BCUT2D eigenvalue weighted by Gasteiger charge is -2.10. The van der Waals surface area contributed by atoms with E-state index in [2.05, 4.69) is 10.2 Å². The molecular formula is C16H12FN3O4S. The summed E-state index contributed by atoms with van der Waals surface area (Å²) in [5.41, 5.74) is 0.446. The summed E-state index contributed by atoms with van der Waals surface area (Å²) in [5.74, 6) is -0.405. The van der Waals surface area contributed by atoms with Crippen molar-refractivity contribution in [3.05, 3.63) is 47.4 Å². The molecule has 0 aliphatic rings. The lowest BCUT2D eigenvalue weighted by Crippen LogP contribution is -1.99. The van der Waals surface area contributed by atoms with E-state index in [1.807, 2.05) is 6.07 Å². The van der Waals surface area contributed by atoms with E-state index in [4.69, 9.17) is 10.00 Å². The van der Waals surface area contributed by atoms with Crippen LogP contribution in [0.25, 0.3) is 10.9 Å². The van der Waals surface area contributed by atoms with Crippen molar-refractivity contribution >= 4 is 20.7 Å². The highest BCUT2D eigenvalue weighted by molar-refractivity contribution is 7.91. The fourth-order valence-corrected chi connectivity index (χ4v) is 3.30. The first-order chi connectivity index (χ1) is 11.8. The Hall–Kier alpha value is -2.96. The second kappa shape index (κ2) is 6.16. The van der Waals surface area contributed by atoms with Crippen LogP contribution in [0.15, 0.2) is 35.2 Å². The number of nitrogens with one attached hydrogen (secondary N) is 1. The summed E-state index contributed by atoms with van der Waals surface area (Å²) in [6.07, 6.45) is 1.05. The molecule has 7 nitrogen and oxygen atoms in total. The van der Waals surface area contributed by atoms with Crippen LogP contribution in [0.1, 0.15) is 11.3 Å². The Kier molecular flexibility index (Phi) is 4.16. The molecule has 0 aliphatic carbocycles. The monoisotopic (exact) mass is 361 g/mol. The van der Waals surface area contributed by atoms with Crippen molar-refractivity contribution in [1.82, 2.24) is 10.2 Å². The van der Waals surface area contributed by atoms with Gasteiger partial charge in [0.15, 0.2) is 9.84 Å². The number of halogens is 1. The summed E-state index contributed by atoms with van der Waals surface area (Å²) in [7, 11) is -3.54. The van der Waals surface area contributed by atoms with Crippen molar-refractivity contribution in [3.63, 3.8) is 0 Å². The number of aliphatic hydroxyl groups excluding tert-OH is 1. The molecule has 0 amide bonds. The maximum atomic E-state index is 13.6. The number of H-pyrrole nitrogens is 1. The lowest BCUT2D eigenvalue weighted by atomic mass is 10.2. The first kappa shape index (κ1) is 16.9. The topological polar surface area (TPSA) is 116 Å². The number of hydrogen-bond donors (Lipinski definition) is 2. The third kappa shape index (κ3) is 3.17. The van der Waals surface area contributed by atoms with Crippen LogP contribution in [0, 0.1) is 17.1 Å². The highest BCUT2D eigenvalue weighted by Crippen LogP contribution is 2.35. The molecule has 0 saturated heterocycles. The smallest absolute Gasteiger partial charge is 0.177 e. The zero-order valence-corrected chi connectivity index (χ0v) is 13.8. The quantitative estimate of drug-likeness (QED) is 0.736. The Morgan fingerprint density at radius 2 is 2.12 bits per heavy atom. The summed E-state index contributed by atoms with van der Waals surface area (Å²) in [6, 6.07) is 8.04. The van der Waals surface area contributed by atoms with Gasteiger partial charge in [0.05, 0.1) is 39.7 Å². The van der Waals surface area contributed by atoms with Crippen molar-refractivity contribution in [3.8, 4) is 17.6 Å². The van der Waals surface area contributed by atoms with Gasteiger partial charge in [-0.15, -0.1) is 0 Å². The highest BCUT2D eigenvalue weighted by Gasteiger charge is 2.20. The zero-order valence-electron chi connectivity index (χ0n) is 12.9. The molecule has 1 heterocycles. The maximum Gasteiger partial charge on any atom is 0.177 e. The molecule has 2 N–H and O–H groups in total. The van der Waals surface area contributed by atoms with Crippen molar-refractivity contribution in [2.75, 3.05) is 6.26 Å². The third-order valence-corrected chi connectivity index (χ3v) is 4.64. The van der Waals surface area contributed by atoms with Crippen LogP contribution in [0.4, 0.5) is 4.39 Å². The van der Waals surface area contributed by atoms with Gasteiger partial charge in [0.2, 0.25) is 0 Å². The van der Waals surface area contributed by atoms with Gasteiger partial charge in [0.25, 0.3) is 0 Å². The number of hydrogen-bond acceptors (Lipinski definition) is 6. The van der Waals surface area contributed by atoms with Gasteiger partial charge in [0, 0.05) is 12.3 Å². The van der Waals surface area contributed by atoms with Gasteiger partial charge in [-0.1, -0.05) is 0 Å². The minimum atomic E-state index is -3.54. The number of ether oxygens (including phenoxy) is 1. The number of rotatable bonds is 4. The molecule has 2 aromatic carbocycles. The molecule has 0 fully saturated rings. The second-order valence-electron chi connectivity index (χ2n) is 5.30. The molecule has 1 aromatic heterocycles.